The van der Waals surface area contributed by atoms with Gasteiger partial charge in [0.05, 0.1) is 11.3 Å². The van der Waals surface area contributed by atoms with Crippen LogP contribution in [-0.2, 0) is 0 Å². The van der Waals surface area contributed by atoms with Crippen molar-refractivity contribution in [2.45, 2.75) is 20.8 Å². The van der Waals surface area contributed by atoms with Gasteiger partial charge in [0.15, 0.2) is 5.75 Å². The van der Waals surface area contributed by atoms with Gasteiger partial charge in [-0.1, -0.05) is 29.8 Å². The fraction of sp³-hybridized carbons (Fsp3) is 0.167. The molecule has 0 fully saturated rings. The summed E-state index contributed by atoms with van der Waals surface area (Å²) in [5.74, 6) is 0.746. The molecule has 2 amide bonds. The molecule has 5 heteroatoms. The number of amides is 2. The zero-order valence-corrected chi connectivity index (χ0v) is 16.7. The smallest absolute Gasteiger partial charge is 0.262 e. The molecule has 0 bridgehead atoms. The van der Waals surface area contributed by atoms with E-state index in [2.05, 4.69) is 5.32 Å². The van der Waals surface area contributed by atoms with Gasteiger partial charge in [0.2, 0.25) is 0 Å². The molecule has 0 saturated heterocycles. The summed E-state index contributed by atoms with van der Waals surface area (Å²) >= 11 is 0. The Morgan fingerprint density at radius 3 is 2.59 bits per heavy atom. The van der Waals surface area contributed by atoms with Crippen LogP contribution in [-0.4, -0.2) is 18.4 Å². The molecule has 0 unspecified atom stereocenters. The Balaban J connectivity index is 1.69. The van der Waals surface area contributed by atoms with Gasteiger partial charge in [-0.15, -0.1) is 0 Å². The van der Waals surface area contributed by atoms with E-state index < -0.39 is 0 Å². The number of fused-ring (bicyclic) bond motifs is 2. The minimum Gasteiger partial charge on any atom is -0.454 e. The van der Waals surface area contributed by atoms with Crippen LogP contribution in [0.5, 0.6) is 11.5 Å². The monoisotopic (exact) mass is 386 g/mol. The van der Waals surface area contributed by atoms with Gasteiger partial charge in [-0.05, 0) is 62.7 Å². The minimum atomic E-state index is -0.205. The molecule has 3 aromatic carbocycles. The summed E-state index contributed by atoms with van der Waals surface area (Å²) in [6, 6.07) is 18.4. The summed E-state index contributed by atoms with van der Waals surface area (Å²) in [5, 5.41) is 2.91. The predicted octanol–water partition coefficient (Wildman–Crippen LogP) is 5.33. The standard InChI is InChI=1S/C24H22N2O3/c1-4-26-20-7-5-6-8-22(20)29-21-12-11-17(14-19(21)24(26)28)25-23(27)18-13-15(2)9-10-16(18)3/h5-14H,4H2,1-3H3,(H,25,27). The number of aryl methyl sites for hydroxylation is 2. The lowest BCUT2D eigenvalue weighted by Gasteiger charge is -2.19. The second-order valence-electron chi connectivity index (χ2n) is 7.10. The van der Waals surface area contributed by atoms with Gasteiger partial charge < -0.3 is 15.0 Å². The summed E-state index contributed by atoms with van der Waals surface area (Å²) in [6.07, 6.45) is 0. The number of rotatable bonds is 3. The molecule has 4 rings (SSSR count). The van der Waals surface area contributed by atoms with E-state index in [4.69, 9.17) is 4.74 Å². The number of benzene rings is 3. The number of nitrogens with one attached hydrogen (secondary N) is 1. The van der Waals surface area contributed by atoms with E-state index in [1.807, 2.05) is 63.2 Å². The quantitative estimate of drug-likeness (QED) is 0.662. The molecule has 0 saturated carbocycles. The average Bonchev–Trinajstić information content (AvgIpc) is 2.83. The number of ether oxygens (including phenoxy) is 1. The summed E-state index contributed by atoms with van der Waals surface area (Å²) in [4.78, 5) is 27.6. The van der Waals surface area contributed by atoms with Crippen molar-refractivity contribution >= 4 is 23.2 Å². The van der Waals surface area contributed by atoms with Crippen molar-refractivity contribution in [2.75, 3.05) is 16.8 Å². The fourth-order valence-electron chi connectivity index (χ4n) is 3.50. The van der Waals surface area contributed by atoms with Crippen LogP contribution < -0.4 is 15.0 Å². The van der Waals surface area contributed by atoms with E-state index >= 15 is 0 Å². The van der Waals surface area contributed by atoms with Crippen LogP contribution in [0.3, 0.4) is 0 Å². The highest BCUT2D eigenvalue weighted by Gasteiger charge is 2.27. The lowest BCUT2D eigenvalue weighted by Crippen LogP contribution is -2.29. The Labute approximate surface area is 169 Å². The van der Waals surface area contributed by atoms with E-state index in [1.54, 1.807) is 23.1 Å². The number of anilines is 2. The van der Waals surface area contributed by atoms with Gasteiger partial charge >= 0.3 is 0 Å². The van der Waals surface area contributed by atoms with Crippen molar-refractivity contribution in [2.24, 2.45) is 0 Å². The number of carbonyl (C=O) groups excluding carboxylic acids is 2. The van der Waals surface area contributed by atoms with E-state index in [0.717, 1.165) is 16.8 Å². The molecule has 1 aliphatic rings. The minimum absolute atomic E-state index is 0.157. The van der Waals surface area contributed by atoms with Gasteiger partial charge in [-0.25, -0.2) is 0 Å². The normalized spacial score (nSPS) is 12.5. The van der Waals surface area contributed by atoms with Gasteiger partial charge in [-0.2, -0.15) is 0 Å². The maximum atomic E-state index is 13.2. The fourth-order valence-corrected chi connectivity index (χ4v) is 3.50. The Morgan fingerprint density at radius 2 is 1.79 bits per heavy atom. The summed E-state index contributed by atoms with van der Waals surface area (Å²) in [7, 11) is 0. The number of nitrogens with zero attached hydrogens (tertiary/aromatic N) is 1. The van der Waals surface area contributed by atoms with Crippen molar-refractivity contribution in [1.82, 2.24) is 0 Å². The van der Waals surface area contributed by atoms with Crippen LogP contribution in [0.15, 0.2) is 60.7 Å². The van der Waals surface area contributed by atoms with Crippen molar-refractivity contribution in [3.8, 4) is 11.5 Å². The topological polar surface area (TPSA) is 58.6 Å². The molecule has 0 atom stereocenters. The van der Waals surface area contributed by atoms with Gasteiger partial charge in [-0.3, -0.25) is 9.59 Å². The van der Waals surface area contributed by atoms with Gasteiger partial charge in [0, 0.05) is 17.8 Å². The third-order valence-corrected chi connectivity index (χ3v) is 5.04. The maximum Gasteiger partial charge on any atom is 0.262 e. The number of hydrogen-bond donors (Lipinski definition) is 1. The molecule has 0 spiro atoms. The van der Waals surface area contributed by atoms with Crippen LogP contribution in [0.2, 0.25) is 0 Å². The number of para-hydroxylation sites is 2. The van der Waals surface area contributed by atoms with Crippen LogP contribution in [0.1, 0.15) is 38.8 Å². The molecular formula is C24H22N2O3. The van der Waals surface area contributed by atoms with Gasteiger partial charge in [0.25, 0.3) is 11.8 Å². The lowest BCUT2D eigenvalue weighted by molar-refractivity contribution is 0.0985. The molecule has 3 aromatic rings. The van der Waals surface area contributed by atoms with Crippen molar-refractivity contribution in [1.29, 1.82) is 0 Å². The Kier molecular flexibility index (Phi) is 4.80. The first kappa shape index (κ1) is 18.7. The summed E-state index contributed by atoms with van der Waals surface area (Å²) in [6.45, 7) is 6.29. The molecular weight excluding hydrogens is 364 g/mol. The second-order valence-corrected chi connectivity index (χ2v) is 7.10. The van der Waals surface area contributed by atoms with Crippen LogP contribution in [0.25, 0.3) is 0 Å². The SMILES string of the molecule is CCN1C(=O)c2cc(NC(=O)c3cc(C)ccc3C)ccc2Oc2ccccc21. The zero-order chi connectivity index (χ0) is 20.5. The van der Waals surface area contributed by atoms with Crippen molar-refractivity contribution in [3.05, 3.63) is 82.9 Å². The maximum absolute atomic E-state index is 13.2. The predicted molar refractivity (Wildman–Crippen MR) is 114 cm³/mol. The second kappa shape index (κ2) is 7.43. The molecule has 0 aromatic heterocycles. The van der Waals surface area contributed by atoms with Crippen LogP contribution in [0, 0.1) is 13.8 Å². The lowest BCUT2D eigenvalue weighted by atomic mass is 10.0. The molecule has 1 heterocycles. The first-order chi connectivity index (χ1) is 14.0. The van der Waals surface area contributed by atoms with Crippen molar-refractivity contribution in [3.63, 3.8) is 0 Å². The van der Waals surface area contributed by atoms with E-state index in [-0.39, 0.29) is 11.8 Å². The van der Waals surface area contributed by atoms with E-state index in [9.17, 15) is 9.59 Å². The highest BCUT2D eigenvalue weighted by molar-refractivity contribution is 6.11. The number of carbonyl (C=O) groups is 2. The first-order valence-corrected chi connectivity index (χ1v) is 9.59. The highest BCUT2D eigenvalue weighted by atomic mass is 16.5. The van der Waals surface area contributed by atoms with Crippen LogP contribution >= 0.6 is 0 Å². The van der Waals surface area contributed by atoms with Crippen LogP contribution in [0.4, 0.5) is 11.4 Å². The van der Waals surface area contributed by atoms with E-state index in [1.165, 1.54) is 0 Å². The Bertz CT molecular complexity index is 1120. The molecule has 146 valence electrons. The molecule has 5 nitrogen and oxygen atoms in total. The zero-order valence-electron chi connectivity index (χ0n) is 16.7. The average molecular weight is 386 g/mol. The third-order valence-electron chi connectivity index (χ3n) is 5.04. The molecule has 1 aliphatic heterocycles. The summed E-state index contributed by atoms with van der Waals surface area (Å²) in [5.41, 5.74) is 4.23. The van der Waals surface area contributed by atoms with E-state index in [0.29, 0.717) is 34.9 Å². The Hall–Kier alpha value is -3.60. The Morgan fingerprint density at radius 1 is 1.00 bits per heavy atom. The highest BCUT2D eigenvalue weighted by Crippen LogP contribution is 2.39. The molecule has 0 aliphatic carbocycles. The summed E-state index contributed by atoms with van der Waals surface area (Å²) < 4.78 is 6.01. The molecule has 29 heavy (non-hydrogen) atoms. The largest absolute Gasteiger partial charge is 0.454 e. The molecule has 0 radical (unpaired) electrons. The third kappa shape index (κ3) is 3.47. The van der Waals surface area contributed by atoms with Crippen molar-refractivity contribution < 1.29 is 14.3 Å². The molecule has 1 N–H and O–H groups in total. The van der Waals surface area contributed by atoms with Gasteiger partial charge in [0.1, 0.15) is 5.75 Å². The first-order valence-electron chi connectivity index (χ1n) is 9.59. The number of hydrogen-bond acceptors (Lipinski definition) is 3.